The van der Waals surface area contributed by atoms with Crippen molar-refractivity contribution in [3.8, 4) is 5.69 Å². The van der Waals surface area contributed by atoms with E-state index in [4.69, 9.17) is 11.6 Å². The van der Waals surface area contributed by atoms with Crippen molar-refractivity contribution >= 4 is 41.1 Å². The van der Waals surface area contributed by atoms with Gasteiger partial charge in [0.05, 0.1) is 18.2 Å². The summed E-state index contributed by atoms with van der Waals surface area (Å²) >= 11 is 6.06. The van der Waals surface area contributed by atoms with Gasteiger partial charge in [0, 0.05) is 28.6 Å². The van der Waals surface area contributed by atoms with Crippen LogP contribution in [-0.2, 0) is 20.8 Å². The van der Waals surface area contributed by atoms with E-state index in [9.17, 15) is 24.3 Å². The van der Waals surface area contributed by atoms with E-state index in [1.54, 1.807) is 42.5 Å². The smallest absolute Gasteiger partial charge is 0.305 e. The molecule has 0 saturated carbocycles. The molecule has 3 aromatic rings. The zero-order valence-electron chi connectivity index (χ0n) is 18.0. The number of carboxylic acid groups (broad SMARTS) is 1. The summed E-state index contributed by atoms with van der Waals surface area (Å²) < 4.78 is 1.39. The molecule has 3 rings (SSSR count). The zero-order valence-corrected chi connectivity index (χ0v) is 18.8. The highest BCUT2D eigenvalue weighted by Gasteiger charge is 2.23. The second-order valence-electron chi connectivity index (χ2n) is 7.35. The van der Waals surface area contributed by atoms with Crippen LogP contribution in [0, 0.1) is 0 Å². The lowest BCUT2D eigenvalue weighted by Crippen LogP contribution is -2.42. The van der Waals surface area contributed by atoms with Crippen molar-refractivity contribution in [2.45, 2.75) is 25.8 Å². The maximum atomic E-state index is 12.7. The molecule has 0 aliphatic carbocycles. The van der Waals surface area contributed by atoms with Crippen LogP contribution in [0.5, 0.6) is 0 Å². The van der Waals surface area contributed by atoms with E-state index in [0.717, 1.165) is 0 Å². The monoisotopic (exact) mass is 481 g/mol. The Labute approximate surface area is 199 Å². The first-order chi connectivity index (χ1) is 16.2. The van der Waals surface area contributed by atoms with E-state index in [-0.39, 0.29) is 12.2 Å². The van der Waals surface area contributed by atoms with Crippen molar-refractivity contribution in [3.05, 3.63) is 76.6 Å². The third-order valence-electron chi connectivity index (χ3n) is 4.82. The van der Waals surface area contributed by atoms with Gasteiger partial charge in [0.25, 0.3) is 0 Å². The van der Waals surface area contributed by atoms with Crippen LogP contribution in [0.3, 0.4) is 0 Å². The van der Waals surface area contributed by atoms with Crippen molar-refractivity contribution in [2.75, 3.05) is 0 Å². The number of halogens is 1. The molecule has 11 heteroatoms. The average molecular weight is 482 g/mol. The number of carbonyl (C=O) groups is 4. The number of aliphatic carboxylic acids is 1. The van der Waals surface area contributed by atoms with Gasteiger partial charge < -0.3 is 10.4 Å². The SMILES string of the molecule is CC(=O)c1ccc(CC(=O)[C@H](CC(=O)O)NC(=O)/C=C/c2cc(Cl)ccc2-n2cnnn2)cc1. The molecule has 0 saturated heterocycles. The maximum Gasteiger partial charge on any atom is 0.305 e. The largest absolute Gasteiger partial charge is 0.481 e. The fourth-order valence-corrected chi connectivity index (χ4v) is 3.31. The molecule has 1 atom stereocenters. The highest BCUT2D eigenvalue weighted by Crippen LogP contribution is 2.20. The highest BCUT2D eigenvalue weighted by molar-refractivity contribution is 6.30. The van der Waals surface area contributed by atoms with Gasteiger partial charge in [-0.1, -0.05) is 35.9 Å². The first kappa shape index (κ1) is 24.5. The van der Waals surface area contributed by atoms with Gasteiger partial charge in [-0.3, -0.25) is 19.2 Å². The number of carbonyl (C=O) groups excluding carboxylic acids is 3. The van der Waals surface area contributed by atoms with Crippen molar-refractivity contribution in [1.82, 2.24) is 25.5 Å². The summed E-state index contributed by atoms with van der Waals surface area (Å²) in [5.41, 5.74) is 2.19. The standard InChI is InChI=1S/C23H20ClN5O5/c1-14(30)16-4-2-15(3-5-16)10-21(31)19(12-23(33)34)26-22(32)9-6-17-11-18(24)7-8-20(17)29-13-25-27-28-29/h2-9,11,13,19H,10,12H2,1H3,(H,26,32)(H,33,34)/b9-6+/t19-/m0/s1. The molecular weight excluding hydrogens is 462 g/mol. The lowest BCUT2D eigenvalue weighted by Gasteiger charge is -2.15. The highest BCUT2D eigenvalue weighted by atomic mass is 35.5. The molecule has 0 spiro atoms. The molecule has 1 heterocycles. The first-order valence-corrected chi connectivity index (χ1v) is 10.5. The van der Waals surface area contributed by atoms with Crippen LogP contribution >= 0.6 is 11.6 Å². The van der Waals surface area contributed by atoms with Crippen LogP contribution in [0.2, 0.25) is 5.02 Å². The number of nitrogens with one attached hydrogen (secondary N) is 1. The fourth-order valence-electron chi connectivity index (χ4n) is 3.13. The summed E-state index contributed by atoms with van der Waals surface area (Å²) in [7, 11) is 0. The number of tetrazole rings is 1. The summed E-state index contributed by atoms with van der Waals surface area (Å²) in [6, 6.07) is 10.1. The maximum absolute atomic E-state index is 12.7. The molecule has 174 valence electrons. The Bertz CT molecular complexity index is 1240. The van der Waals surface area contributed by atoms with Crippen LogP contribution in [0.1, 0.15) is 34.8 Å². The molecule has 0 aliphatic heterocycles. The number of hydrogen-bond donors (Lipinski definition) is 2. The molecular formula is C23H20ClN5O5. The lowest BCUT2D eigenvalue weighted by molar-refractivity contribution is -0.139. The van der Waals surface area contributed by atoms with E-state index in [2.05, 4.69) is 20.8 Å². The van der Waals surface area contributed by atoms with Crippen molar-refractivity contribution in [3.63, 3.8) is 0 Å². The Balaban J connectivity index is 1.73. The minimum absolute atomic E-state index is 0.0993. The number of benzene rings is 2. The molecule has 2 aromatic carbocycles. The fraction of sp³-hybridized carbons (Fsp3) is 0.174. The topological polar surface area (TPSA) is 144 Å². The molecule has 10 nitrogen and oxygen atoms in total. The lowest BCUT2D eigenvalue weighted by atomic mass is 10.00. The van der Waals surface area contributed by atoms with Gasteiger partial charge in [-0.05, 0) is 47.2 Å². The van der Waals surface area contributed by atoms with Crippen molar-refractivity contribution in [2.24, 2.45) is 0 Å². The predicted octanol–water partition coefficient (Wildman–Crippen LogP) is 2.30. The van der Waals surface area contributed by atoms with E-state index in [1.807, 2.05) is 0 Å². The second kappa shape index (κ2) is 11.1. The van der Waals surface area contributed by atoms with E-state index < -0.39 is 30.1 Å². The van der Waals surface area contributed by atoms with Gasteiger partial charge in [-0.15, -0.1) is 5.10 Å². The summed E-state index contributed by atoms with van der Waals surface area (Å²) in [6.45, 7) is 1.43. The predicted molar refractivity (Wildman–Crippen MR) is 123 cm³/mol. The van der Waals surface area contributed by atoms with E-state index in [1.165, 1.54) is 30.1 Å². The summed E-state index contributed by atoms with van der Waals surface area (Å²) in [6.07, 6.45) is 3.34. The normalized spacial score (nSPS) is 11.8. The van der Waals surface area contributed by atoms with Crippen molar-refractivity contribution < 1.29 is 24.3 Å². The number of rotatable bonds is 10. The zero-order chi connectivity index (χ0) is 24.7. The minimum atomic E-state index is -1.24. The molecule has 0 unspecified atom stereocenters. The molecule has 0 bridgehead atoms. The van der Waals surface area contributed by atoms with Crippen molar-refractivity contribution in [1.29, 1.82) is 0 Å². The molecule has 0 fully saturated rings. The number of carboxylic acids is 1. The van der Waals surface area contributed by atoms with Gasteiger partial charge >= 0.3 is 5.97 Å². The third kappa shape index (κ3) is 6.66. The molecule has 34 heavy (non-hydrogen) atoms. The van der Waals surface area contributed by atoms with Gasteiger partial charge in [0.15, 0.2) is 11.6 Å². The minimum Gasteiger partial charge on any atom is -0.481 e. The van der Waals surface area contributed by atoms with E-state index in [0.29, 0.717) is 27.4 Å². The van der Waals surface area contributed by atoms with Crippen LogP contribution in [0.15, 0.2) is 54.9 Å². The van der Waals surface area contributed by atoms with Crippen LogP contribution in [0.25, 0.3) is 11.8 Å². The summed E-state index contributed by atoms with van der Waals surface area (Å²) in [5, 5.41) is 23.0. The second-order valence-corrected chi connectivity index (χ2v) is 7.78. The van der Waals surface area contributed by atoms with Crippen LogP contribution in [-0.4, -0.2) is 54.8 Å². The average Bonchev–Trinajstić information content (AvgIpc) is 3.32. The van der Waals surface area contributed by atoms with Gasteiger partial charge in [-0.25, -0.2) is 0 Å². The van der Waals surface area contributed by atoms with Gasteiger partial charge in [0.1, 0.15) is 6.33 Å². The number of hydrogen-bond acceptors (Lipinski definition) is 7. The first-order valence-electron chi connectivity index (χ1n) is 10.1. The number of amides is 1. The molecule has 1 amide bonds. The van der Waals surface area contributed by atoms with Gasteiger partial charge in [-0.2, -0.15) is 4.68 Å². The number of nitrogens with zero attached hydrogens (tertiary/aromatic N) is 4. The Morgan fingerprint density at radius 2 is 1.88 bits per heavy atom. The Hall–Kier alpha value is -4.18. The quantitative estimate of drug-likeness (QED) is 0.331. The third-order valence-corrected chi connectivity index (χ3v) is 5.06. The number of Topliss-reactive ketones (excluding diaryl/α,β-unsaturated/α-hetero) is 2. The Kier molecular flexibility index (Phi) is 7.99. The molecule has 2 N–H and O–H groups in total. The molecule has 0 aliphatic rings. The van der Waals surface area contributed by atoms with Crippen LogP contribution in [0.4, 0.5) is 0 Å². The van der Waals surface area contributed by atoms with Gasteiger partial charge in [0.2, 0.25) is 5.91 Å². The Morgan fingerprint density at radius 3 is 2.50 bits per heavy atom. The number of aromatic nitrogens is 4. The Morgan fingerprint density at radius 1 is 1.15 bits per heavy atom. The summed E-state index contributed by atoms with van der Waals surface area (Å²) in [4.78, 5) is 47.9. The summed E-state index contributed by atoms with van der Waals surface area (Å²) in [5.74, 6) is -2.47. The number of ketones is 2. The molecule has 0 radical (unpaired) electrons. The van der Waals surface area contributed by atoms with Crippen LogP contribution < -0.4 is 5.32 Å². The molecule has 1 aromatic heterocycles. The van der Waals surface area contributed by atoms with E-state index >= 15 is 0 Å².